The molecule has 0 saturated carbocycles. The van der Waals surface area contributed by atoms with Gasteiger partial charge in [0.1, 0.15) is 0 Å². The molecule has 0 fully saturated rings. The third-order valence-corrected chi connectivity index (χ3v) is 3.69. The SMILES string of the molecule is C=CC(=O)N(C)C(C)(C)CC(C)(C)N(C)C(=O)C=C. The van der Waals surface area contributed by atoms with Gasteiger partial charge in [-0.15, -0.1) is 0 Å². The molecule has 0 saturated heterocycles. The first-order valence-corrected chi connectivity index (χ1v) is 6.30. The number of likely N-dealkylation sites (N-methyl/N-ethyl adjacent to an activating group) is 2. The number of carbonyl (C=O) groups is 2. The van der Waals surface area contributed by atoms with Crippen molar-refractivity contribution in [1.82, 2.24) is 9.80 Å². The van der Waals surface area contributed by atoms with Gasteiger partial charge < -0.3 is 9.80 Å². The van der Waals surface area contributed by atoms with Crippen LogP contribution in [0.2, 0.25) is 0 Å². The van der Waals surface area contributed by atoms with E-state index in [1.54, 1.807) is 23.9 Å². The molecule has 0 atom stereocenters. The zero-order valence-electron chi connectivity index (χ0n) is 13.0. The summed E-state index contributed by atoms with van der Waals surface area (Å²) in [5.41, 5.74) is -0.769. The summed E-state index contributed by atoms with van der Waals surface area (Å²) in [6.45, 7) is 14.9. The Morgan fingerprint density at radius 1 is 0.895 bits per heavy atom. The Morgan fingerprint density at radius 2 is 1.16 bits per heavy atom. The highest BCUT2D eigenvalue weighted by atomic mass is 16.2. The van der Waals surface area contributed by atoms with Crippen LogP contribution in [0.3, 0.4) is 0 Å². The van der Waals surface area contributed by atoms with Crippen LogP contribution in [0.5, 0.6) is 0 Å². The predicted molar refractivity (Wildman–Crippen MR) is 78.7 cm³/mol. The average Bonchev–Trinajstić information content (AvgIpc) is 2.33. The van der Waals surface area contributed by atoms with E-state index in [0.717, 1.165) is 0 Å². The van der Waals surface area contributed by atoms with E-state index < -0.39 is 0 Å². The minimum Gasteiger partial charge on any atom is -0.337 e. The number of nitrogens with zero attached hydrogens (tertiary/aromatic N) is 2. The van der Waals surface area contributed by atoms with Gasteiger partial charge in [-0.1, -0.05) is 13.2 Å². The van der Waals surface area contributed by atoms with Crippen molar-refractivity contribution in [3.05, 3.63) is 25.3 Å². The van der Waals surface area contributed by atoms with Gasteiger partial charge in [0.05, 0.1) is 0 Å². The molecule has 2 amide bonds. The monoisotopic (exact) mass is 266 g/mol. The van der Waals surface area contributed by atoms with Crippen LogP contribution >= 0.6 is 0 Å². The minimum absolute atomic E-state index is 0.126. The van der Waals surface area contributed by atoms with Crippen molar-refractivity contribution < 1.29 is 9.59 Å². The fourth-order valence-corrected chi connectivity index (χ4v) is 2.17. The molecule has 0 aromatic carbocycles. The van der Waals surface area contributed by atoms with Crippen LogP contribution in [-0.2, 0) is 9.59 Å². The molecule has 0 bridgehead atoms. The lowest BCUT2D eigenvalue weighted by atomic mass is 9.84. The second-order valence-electron chi connectivity index (χ2n) is 6.00. The number of hydrogen-bond acceptors (Lipinski definition) is 2. The van der Waals surface area contributed by atoms with E-state index in [-0.39, 0.29) is 22.9 Å². The molecule has 0 unspecified atom stereocenters. The van der Waals surface area contributed by atoms with Crippen molar-refractivity contribution >= 4 is 11.8 Å². The smallest absolute Gasteiger partial charge is 0.246 e. The Balaban J connectivity index is 5.09. The average molecular weight is 266 g/mol. The molecule has 0 heterocycles. The quantitative estimate of drug-likeness (QED) is 0.692. The van der Waals surface area contributed by atoms with Crippen LogP contribution in [0.4, 0.5) is 0 Å². The number of rotatable bonds is 6. The first-order valence-electron chi connectivity index (χ1n) is 6.30. The summed E-state index contributed by atoms with van der Waals surface area (Å²) in [6.07, 6.45) is 3.24. The van der Waals surface area contributed by atoms with Crippen molar-refractivity contribution in [2.24, 2.45) is 0 Å². The zero-order chi connectivity index (χ0) is 15.4. The van der Waals surface area contributed by atoms with E-state index in [4.69, 9.17) is 0 Å². The van der Waals surface area contributed by atoms with Crippen molar-refractivity contribution in [1.29, 1.82) is 0 Å². The summed E-state index contributed by atoms with van der Waals surface area (Å²) in [6, 6.07) is 0. The Hall–Kier alpha value is -1.58. The summed E-state index contributed by atoms with van der Waals surface area (Å²) in [5.74, 6) is -0.253. The van der Waals surface area contributed by atoms with E-state index in [1.807, 2.05) is 27.7 Å². The van der Waals surface area contributed by atoms with Crippen LogP contribution in [0.25, 0.3) is 0 Å². The van der Waals surface area contributed by atoms with Crippen molar-refractivity contribution in [3.8, 4) is 0 Å². The molecule has 0 rings (SSSR count). The van der Waals surface area contributed by atoms with Crippen molar-refractivity contribution in [2.45, 2.75) is 45.2 Å². The van der Waals surface area contributed by atoms with E-state index in [1.165, 1.54) is 12.2 Å². The molecule has 19 heavy (non-hydrogen) atoms. The number of hydrogen-bond donors (Lipinski definition) is 0. The highest BCUT2D eigenvalue weighted by Gasteiger charge is 2.36. The van der Waals surface area contributed by atoms with Gasteiger partial charge in [0, 0.05) is 25.2 Å². The fraction of sp³-hybridized carbons (Fsp3) is 0.600. The number of carbonyl (C=O) groups excluding carboxylic acids is 2. The largest absolute Gasteiger partial charge is 0.337 e. The van der Waals surface area contributed by atoms with Gasteiger partial charge in [0.15, 0.2) is 0 Å². The molecule has 0 aromatic rings. The standard InChI is InChI=1S/C15H26N2O2/c1-9-12(18)16(7)14(3,4)11-15(5,6)17(8)13(19)10-2/h9-10H,1-2,11H2,3-8H3. The summed E-state index contributed by atoms with van der Waals surface area (Å²) >= 11 is 0. The molecule has 0 spiro atoms. The third-order valence-electron chi connectivity index (χ3n) is 3.69. The van der Waals surface area contributed by atoms with Crippen LogP contribution < -0.4 is 0 Å². The maximum Gasteiger partial charge on any atom is 0.246 e. The Labute approximate surface area is 116 Å². The summed E-state index contributed by atoms with van der Waals surface area (Å²) in [4.78, 5) is 26.7. The molecule has 4 heteroatoms. The van der Waals surface area contributed by atoms with Crippen LogP contribution in [0, 0.1) is 0 Å². The summed E-state index contributed by atoms with van der Waals surface area (Å²) in [5, 5.41) is 0. The minimum atomic E-state index is -0.384. The molecule has 4 nitrogen and oxygen atoms in total. The van der Waals surface area contributed by atoms with E-state index in [9.17, 15) is 9.59 Å². The van der Waals surface area contributed by atoms with Crippen molar-refractivity contribution in [2.75, 3.05) is 14.1 Å². The van der Waals surface area contributed by atoms with Gasteiger partial charge in [0.2, 0.25) is 11.8 Å². The van der Waals surface area contributed by atoms with Gasteiger partial charge in [-0.2, -0.15) is 0 Å². The van der Waals surface area contributed by atoms with Crippen molar-refractivity contribution in [3.63, 3.8) is 0 Å². The van der Waals surface area contributed by atoms with Gasteiger partial charge in [-0.25, -0.2) is 0 Å². The van der Waals surface area contributed by atoms with Gasteiger partial charge in [-0.3, -0.25) is 9.59 Å². The zero-order valence-corrected chi connectivity index (χ0v) is 13.0. The lowest BCUT2D eigenvalue weighted by Crippen LogP contribution is -2.54. The van der Waals surface area contributed by atoms with E-state index >= 15 is 0 Å². The van der Waals surface area contributed by atoms with Gasteiger partial charge >= 0.3 is 0 Å². The molecule has 0 aliphatic heterocycles. The highest BCUT2D eigenvalue weighted by molar-refractivity contribution is 5.88. The molecule has 0 aliphatic rings. The summed E-state index contributed by atoms with van der Waals surface area (Å²) in [7, 11) is 3.49. The van der Waals surface area contributed by atoms with Gasteiger partial charge in [0.25, 0.3) is 0 Å². The maximum absolute atomic E-state index is 11.7. The van der Waals surface area contributed by atoms with Crippen LogP contribution in [0.1, 0.15) is 34.1 Å². The molecule has 0 radical (unpaired) electrons. The third kappa shape index (κ3) is 4.23. The second-order valence-corrected chi connectivity index (χ2v) is 6.00. The molecular formula is C15H26N2O2. The molecule has 0 aliphatic carbocycles. The first kappa shape index (κ1) is 17.4. The van der Waals surface area contributed by atoms with E-state index in [2.05, 4.69) is 13.2 Å². The molecule has 0 aromatic heterocycles. The fourth-order valence-electron chi connectivity index (χ4n) is 2.17. The maximum atomic E-state index is 11.7. The highest BCUT2D eigenvalue weighted by Crippen LogP contribution is 2.29. The van der Waals surface area contributed by atoms with Crippen LogP contribution in [-0.4, -0.2) is 46.8 Å². The lowest BCUT2D eigenvalue weighted by molar-refractivity contribution is -0.133. The van der Waals surface area contributed by atoms with Gasteiger partial charge in [-0.05, 0) is 46.3 Å². The summed E-state index contributed by atoms with van der Waals surface area (Å²) < 4.78 is 0. The molecular weight excluding hydrogens is 240 g/mol. The Kier molecular flexibility index (Phi) is 5.54. The topological polar surface area (TPSA) is 40.6 Å². The first-order chi connectivity index (χ1) is 8.49. The number of amides is 2. The molecule has 108 valence electrons. The van der Waals surface area contributed by atoms with Crippen LogP contribution in [0.15, 0.2) is 25.3 Å². The Bertz CT molecular complexity index is 348. The second kappa shape index (κ2) is 6.04. The predicted octanol–water partition coefficient (Wildman–Crippen LogP) is 2.22. The van der Waals surface area contributed by atoms with E-state index in [0.29, 0.717) is 6.42 Å². The Morgan fingerprint density at radius 3 is 1.37 bits per heavy atom. The molecule has 0 N–H and O–H groups in total. The normalized spacial score (nSPS) is 11.7. The lowest BCUT2D eigenvalue weighted by Gasteiger charge is -2.44.